The van der Waals surface area contributed by atoms with E-state index in [2.05, 4.69) is 30.9 Å². The smallest absolute Gasteiger partial charge is 0.274 e. The molecule has 2 aromatic rings. The summed E-state index contributed by atoms with van der Waals surface area (Å²) in [5.74, 6) is 0. The van der Waals surface area contributed by atoms with Crippen LogP contribution in [0.1, 0.15) is 45.2 Å². The van der Waals surface area contributed by atoms with Crippen molar-refractivity contribution in [3.05, 3.63) is 33.9 Å². The van der Waals surface area contributed by atoms with Crippen LogP contribution < -0.4 is 5.56 Å². The first-order valence-electron chi connectivity index (χ1n) is 6.74. The third-order valence-electron chi connectivity index (χ3n) is 3.19. The van der Waals surface area contributed by atoms with Crippen LogP contribution in [0.4, 0.5) is 0 Å². The topological polar surface area (TPSA) is 68.6 Å². The number of hydrogen-bond donors (Lipinski definition) is 1. The lowest BCUT2D eigenvalue weighted by atomic mass is 9.90. The molecule has 1 N–H and O–H groups in total. The first-order chi connectivity index (χ1) is 9.33. The van der Waals surface area contributed by atoms with E-state index in [9.17, 15) is 4.79 Å². The van der Waals surface area contributed by atoms with Gasteiger partial charge in [0.2, 0.25) is 0 Å². The highest BCUT2D eigenvalue weighted by Crippen LogP contribution is 2.33. The number of aromatic amines is 1. The number of ether oxygens (including phenoxy) is 2. The van der Waals surface area contributed by atoms with Crippen molar-refractivity contribution in [3.63, 3.8) is 0 Å². The Bertz CT molecular complexity index is 690. The van der Waals surface area contributed by atoms with Gasteiger partial charge >= 0.3 is 0 Å². The van der Waals surface area contributed by atoms with Crippen LogP contribution in [-0.4, -0.2) is 20.9 Å². The van der Waals surface area contributed by atoms with E-state index < -0.39 is 6.29 Å². The molecule has 108 valence electrons. The Hall–Kier alpha value is -1.66. The molecular formula is C14H19N3O3. The van der Waals surface area contributed by atoms with Crippen LogP contribution in [0.25, 0.3) is 5.65 Å². The second kappa shape index (κ2) is 4.43. The summed E-state index contributed by atoms with van der Waals surface area (Å²) < 4.78 is 12.3. The molecule has 1 aliphatic heterocycles. The fourth-order valence-corrected chi connectivity index (χ4v) is 2.40. The van der Waals surface area contributed by atoms with Crippen molar-refractivity contribution in [2.75, 3.05) is 0 Å². The van der Waals surface area contributed by atoms with Gasteiger partial charge in [0, 0.05) is 11.8 Å². The number of nitrogens with one attached hydrogen (secondary N) is 1. The highest BCUT2D eigenvalue weighted by atomic mass is 16.9. The summed E-state index contributed by atoms with van der Waals surface area (Å²) in [5, 5.41) is 4.10. The number of aromatic nitrogens is 3. The molecule has 1 fully saturated rings. The third-order valence-corrected chi connectivity index (χ3v) is 3.19. The molecule has 0 saturated carbocycles. The summed E-state index contributed by atoms with van der Waals surface area (Å²) in [5.41, 5.74) is 2.25. The Morgan fingerprint density at radius 3 is 2.70 bits per heavy atom. The van der Waals surface area contributed by atoms with Crippen LogP contribution in [0.2, 0.25) is 0 Å². The normalized spacial score (nSPS) is 23.0. The Labute approximate surface area is 116 Å². The summed E-state index contributed by atoms with van der Waals surface area (Å²) in [6.07, 6.45) is 1.75. The van der Waals surface area contributed by atoms with E-state index in [0.717, 1.165) is 17.7 Å². The largest absolute Gasteiger partial charge is 0.343 e. The lowest BCUT2D eigenvalue weighted by Gasteiger charge is -2.33. The average molecular weight is 277 g/mol. The molecule has 1 aliphatic rings. The Morgan fingerprint density at radius 1 is 1.40 bits per heavy atom. The van der Waals surface area contributed by atoms with Crippen molar-refractivity contribution in [1.29, 1.82) is 0 Å². The number of nitrogens with zero attached hydrogens (tertiary/aromatic N) is 2. The maximum atomic E-state index is 12.1. The van der Waals surface area contributed by atoms with Gasteiger partial charge < -0.3 is 14.5 Å². The summed E-state index contributed by atoms with van der Waals surface area (Å²) >= 11 is 0. The predicted molar refractivity (Wildman–Crippen MR) is 73.3 cm³/mol. The van der Waals surface area contributed by atoms with E-state index >= 15 is 0 Å². The van der Waals surface area contributed by atoms with E-state index in [1.807, 2.05) is 6.92 Å². The molecule has 2 aromatic heterocycles. The van der Waals surface area contributed by atoms with Gasteiger partial charge in [-0.3, -0.25) is 4.79 Å². The molecular weight excluding hydrogens is 258 g/mol. The molecule has 0 unspecified atom stereocenters. The first-order valence-corrected chi connectivity index (χ1v) is 6.74. The van der Waals surface area contributed by atoms with Gasteiger partial charge in [-0.1, -0.05) is 20.8 Å². The molecule has 20 heavy (non-hydrogen) atoms. The molecule has 3 heterocycles. The molecule has 0 aromatic carbocycles. The number of hydrogen-bond acceptors (Lipinski definition) is 4. The molecule has 1 saturated heterocycles. The fraction of sp³-hybridized carbons (Fsp3) is 0.571. The quantitative estimate of drug-likeness (QED) is 0.911. The zero-order valence-corrected chi connectivity index (χ0v) is 12.1. The molecule has 0 radical (unpaired) electrons. The zero-order valence-electron chi connectivity index (χ0n) is 12.1. The standard InChI is InChI=1S/C14H19N3O3/c1-8-19-13(20-8)10-7-15-17-11(18)5-9(16-12(10)17)6-14(2,3)4/h5,7-8,13,16H,6H2,1-4H3. The highest BCUT2D eigenvalue weighted by molar-refractivity contribution is 5.47. The molecule has 6 nitrogen and oxygen atoms in total. The van der Waals surface area contributed by atoms with E-state index in [1.54, 1.807) is 12.3 Å². The third kappa shape index (κ3) is 2.36. The van der Waals surface area contributed by atoms with Gasteiger partial charge in [-0.05, 0) is 18.8 Å². The highest BCUT2D eigenvalue weighted by Gasteiger charge is 2.31. The Kier molecular flexibility index (Phi) is 2.95. The minimum atomic E-state index is -0.442. The van der Waals surface area contributed by atoms with Gasteiger partial charge in [0.1, 0.15) is 5.65 Å². The van der Waals surface area contributed by atoms with Crippen LogP contribution in [-0.2, 0) is 15.9 Å². The van der Waals surface area contributed by atoms with Gasteiger partial charge in [-0.2, -0.15) is 9.61 Å². The zero-order chi connectivity index (χ0) is 14.5. The molecule has 0 aliphatic carbocycles. The maximum Gasteiger partial charge on any atom is 0.274 e. The van der Waals surface area contributed by atoms with Crippen LogP contribution in [0, 0.1) is 5.41 Å². The van der Waals surface area contributed by atoms with E-state index in [0.29, 0.717) is 5.65 Å². The molecule has 6 heteroatoms. The van der Waals surface area contributed by atoms with Crippen LogP contribution >= 0.6 is 0 Å². The number of H-pyrrole nitrogens is 1. The summed E-state index contributed by atoms with van der Waals surface area (Å²) in [4.78, 5) is 15.4. The molecule has 0 atom stereocenters. The molecule has 0 spiro atoms. The number of rotatable bonds is 2. The molecule has 0 bridgehead atoms. The van der Waals surface area contributed by atoms with Gasteiger partial charge in [-0.25, -0.2) is 0 Å². The van der Waals surface area contributed by atoms with Crippen molar-refractivity contribution in [3.8, 4) is 0 Å². The van der Waals surface area contributed by atoms with Crippen molar-refractivity contribution in [2.24, 2.45) is 5.41 Å². The van der Waals surface area contributed by atoms with E-state index in [-0.39, 0.29) is 17.3 Å². The Morgan fingerprint density at radius 2 is 2.10 bits per heavy atom. The van der Waals surface area contributed by atoms with Crippen molar-refractivity contribution < 1.29 is 9.47 Å². The monoisotopic (exact) mass is 277 g/mol. The van der Waals surface area contributed by atoms with Crippen molar-refractivity contribution in [1.82, 2.24) is 14.6 Å². The predicted octanol–water partition coefficient (Wildman–Crippen LogP) is 2.00. The maximum absolute atomic E-state index is 12.1. The molecule has 3 rings (SSSR count). The lowest BCUT2D eigenvalue weighted by molar-refractivity contribution is -0.382. The van der Waals surface area contributed by atoms with Crippen LogP contribution in [0.15, 0.2) is 17.1 Å². The first kappa shape index (κ1) is 13.3. The SMILES string of the molecule is CC1OC(c2cnn3c(=O)cc(CC(C)(C)C)[nH]c23)O1. The second-order valence-corrected chi connectivity index (χ2v) is 6.40. The van der Waals surface area contributed by atoms with E-state index in [1.165, 1.54) is 4.52 Å². The minimum Gasteiger partial charge on any atom is -0.343 e. The minimum absolute atomic E-state index is 0.0967. The van der Waals surface area contributed by atoms with E-state index in [4.69, 9.17) is 9.47 Å². The van der Waals surface area contributed by atoms with Gasteiger partial charge in [0.05, 0.1) is 11.8 Å². The van der Waals surface area contributed by atoms with Crippen LogP contribution in [0.3, 0.4) is 0 Å². The van der Waals surface area contributed by atoms with Gasteiger partial charge in [-0.15, -0.1) is 0 Å². The summed E-state index contributed by atoms with van der Waals surface area (Å²) in [6.45, 7) is 8.22. The Balaban J connectivity index is 2.04. The van der Waals surface area contributed by atoms with Crippen LogP contribution in [0.5, 0.6) is 0 Å². The number of fused-ring (bicyclic) bond motifs is 1. The van der Waals surface area contributed by atoms with Gasteiger partial charge in [0.25, 0.3) is 5.56 Å². The second-order valence-electron chi connectivity index (χ2n) is 6.40. The lowest BCUT2D eigenvalue weighted by Crippen LogP contribution is -2.31. The van der Waals surface area contributed by atoms with Gasteiger partial charge in [0.15, 0.2) is 12.6 Å². The summed E-state index contributed by atoms with van der Waals surface area (Å²) in [6, 6.07) is 1.60. The van der Waals surface area contributed by atoms with Crippen molar-refractivity contribution in [2.45, 2.75) is 46.7 Å². The summed E-state index contributed by atoms with van der Waals surface area (Å²) in [7, 11) is 0. The van der Waals surface area contributed by atoms with Crippen molar-refractivity contribution >= 4 is 5.65 Å². The fourth-order valence-electron chi connectivity index (χ4n) is 2.40. The average Bonchev–Trinajstić information content (AvgIpc) is 2.66. The molecule has 0 amide bonds.